The summed E-state index contributed by atoms with van der Waals surface area (Å²) in [5.74, 6) is 0. The predicted octanol–water partition coefficient (Wildman–Crippen LogP) is -2.80. The molecule has 0 bridgehead atoms. The zero-order chi connectivity index (χ0) is 9.28. The average Bonchev–Trinajstić information content (AvgIpc) is 1.56. The molecule has 0 aliphatic carbocycles. The van der Waals surface area contributed by atoms with E-state index in [0.29, 0.717) is 0 Å². The first-order valence-corrected chi connectivity index (χ1v) is 6.00. The van der Waals surface area contributed by atoms with E-state index in [1.54, 1.807) is 0 Å². The monoisotopic (exact) mass is 200 g/mol. The Hall–Kier alpha value is 0.300. The lowest BCUT2D eigenvalue weighted by atomic mass is 10.6. The van der Waals surface area contributed by atoms with Gasteiger partial charge in [0.05, 0.1) is 0 Å². The highest BCUT2D eigenvalue weighted by atomic mass is 31.2. The summed E-state index contributed by atoms with van der Waals surface area (Å²) in [5, 5.41) is 0. The second kappa shape index (κ2) is 3.35. The fourth-order valence-corrected chi connectivity index (χ4v) is 2.47. The van der Waals surface area contributed by atoms with Gasteiger partial charge in [-0.3, -0.25) is 0 Å². The third kappa shape index (κ3) is 5.56. The van der Waals surface area contributed by atoms with Gasteiger partial charge < -0.3 is 28.7 Å². The molecule has 11 heavy (non-hydrogen) atoms. The minimum atomic E-state index is -4.93. The third-order valence-electron chi connectivity index (χ3n) is 1.03. The smallest absolute Gasteiger partial charge is 0.0116 e. The molecule has 0 N–H and O–H groups in total. The molecule has 0 unspecified atom stereocenters. The molecule has 0 aliphatic heterocycles. The summed E-state index contributed by atoms with van der Waals surface area (Å²) in [4.78, 5) is 40.1. The minimum Gasteiger partial charge on any atom is -0.811 e. The summed E-state index contributed by atoms with van der Waals surface area (Å²) in [5.41, 5.74) is -1.64. The zero-order valence-corrected chi connectivity index (χ0v) is 7.42. The van der Waals surface area contributed by atoms with E-state index in [1.165, 1.54) is 0 Å². The molecule has 0 amide bonds. The summed E-state index contributed by atoms with van der Waals surface area (Å²) in [7, 11) is -9.82. The Labute approximate surface area is 63.6 Å². The maximum Gasteiger partial charge on any atom is -0.0116 e. The molecule has 0 saturated heterocycles. The van der Waals surface area contributed by atoms with E-state index in [1.807, 2.05) is 0 Å². The van der Waals surface area contributed by atoms with Crippen LogP contribution in [0.3, 0.4) is 0 Å². The fraction of sp³-hybridized carbons (Fsp3) is 1.00. The van der Waals surface area contributed by atoms with Gasteiger partial charge in [0.25, 0.3) is 0 Å². The van der Waals surface area contributed by atoms with Crippen LogP contribution in [0.25, 0.3) is 0 Å². The van der Waals surface area contributed by atoms with E-state index < -0.39 is 27.0 Å². The zero-order valence-electron chi connectivity index (χ0n) is 5.63. The topological polar surface area (TPSA) is 126 Å². The van der Waals surface area contributed by atoms with Crippen molar-refractivity contribution in [2.24, 2.45) is 0 Å². The van der Waals surface area contributed by atoms with Crippen LogP contribution >= 0.6 is 15.2 Å². The van der Waals surface area contributed by atoms with Crippen LogP contribution in [0.1, 0.15) is 6.92 Å². The van der Waals surface area contributed by atoms with E-state index in [-0.39, 0.29) is 0 Å². The van der Waals surface area contributed by atoms with Crippen molar-refractivity contribution in [1.29, 1.82) is 0 Å². The Morgan fingerprint density at radius 2 is 1.55 bits per heavy atom. The molecule has 6 nitrogen and oxygen atoms in total. The molecule has 68 valence electrons. The van der Waals surface area contributed by atoms with Gasteiger partial charge in [-0.1, -0.05) is 22.1 Å². The van der Waals surface area contributed by atoms with E-state index in [9.17, 15) is 28.7 Å². The van der Waals surface area contributed by atoms with Crippen molar-refractivity contribution in [2.75, 3.05) is 6.16 Å². The van der Waals surface area contributed by atoms with Crippen molar-refractivity contribution in [3.63, 3.8) is 0 Å². The molecule has 0 saturated carbocycles. The molecule has 0 heterocycles. The van der Waals surface area contributed by atoms with E-state index in [2.05, 4.69) is 0 Å². The Morgan fingerprint density at radius 3 is 1.64 bits per heavy atom. The van der Waals surface area contributed by atoms with Gasteiger partial charge in [0.2, 0.25) is 0 Å². The highest BCUT2D eigenvalue weighted by Gasteiger charge is 2.07. The van der Waals surface area contributed by atoms with Crippen molar-refractivity contribution < 1.29 is 28.7 Å². The van der Waals surface area contributed by atoms with Gasteiger partial charge in [0.15, 0.2) is 0 Å². The van der Waals surface area contributed by atoms with Crippen LogP contribution in [0.4, 0.5) is 0 Å². The van der Waals surface area contributed by atoms with Crippen molar-refractivity contribution in [3.05, 3.63) is 0 Å². The summed E-state index contributed by atoms with van der Waals surface area (Å²) in [6.45, 7) is 0.892. The molecule has 0 spiro atoms. The largest absolute Gasteiger partial charge is 0.811 e. The van der Waals surface area contributed by atoms with Crippen LogP contribution in [-0.4, -0.2) is 11.8 Å². The SMILES string of the molecule is C[C@@H](CP(=O)([O-])[O-])P(=O)([O-])[O-]. The van der Waals surface area contributed by atoms with Crippen molar-refractivity contribution >= 4 is 15.2 Å². The Bertz CT molecular complexity index is 212. The summed E-state index contributed by atoms with van der Waals surface area (Å²) < 4.78 is 20.0. The Balaban J connectivity index is 4.22. The van der Waals surface area contributed by atoms with Crippen LogP contribution in [0.2, 0.25) is 0 Å². The highest BCUT2D eigenvalue weighted by molar-refractivity contribution is 7.53. The van der Waals surface area contributed by atoms with Crippen LogP contribution < -0.4 is 19.6 Å². The maximum absolute atomic E-state index is 10.1. The molecule has 0 radical (unpaired) electrons. The van der Waals surface area contributed by atoms with Gasteiger partial charge in [0, 0.05) is 0 Å². The fourth-order valence-electron chi connectivity index (χ4n) is 0.424. The molecule has 0 aliphatic rings. The van der Waals surface area contributed by atoms with Gasteiger partial charge in [-0.15, -0.1) is 0 Å². The number of hydrogen-bond donors (Lipinski definition) is 0. The van der Waals surface area contributed by atoms with Crippen LogP contribution in [-0.2, 0) is 9.13 Å². The van der Waals surface area contributed by atoms with Gasteiger partial charge >= 0.3 is 0 Å². The van der Waals surface area contributed by atoms with E-state index in [0.717, 1.165) is 6.92 Å². The normalized spacial score (nSPS) is 16.5. The second-order valence-corrected chi connectivity index (χ2v) is 5.73. The summed E-state index contributed by atoms with van der Waals surface area (Å²) >= 11 is 0. The average molecular weight is 200 g/mol. The van der Waals surface area contributed by atoms with Crippen LogP contribution in [0.5, 0.6) is 0 Å². The first kappa shape index (κ1) is 11.3. The van der Waals surface area contributed by atoms with E-state index in [4.69, 9.17) is 0 Å². The molecule has 0 fully saturated rings. The molecule has 0 aromatic carbocycles. The lowest BCUT2D eigenvalue weighted by Crippen LogP contribution is -2.30. The quantitative estimate of drug-likeness (QED) is 0.453. The maximum atomic E-state index is 10.1. The second-order valence-electron chi connectivity index (χ2n) is 2.18. The Kier molecular flexibility index (Phi) is 3.44. The van der Waals surface area contributed by atoms with Gasteiger partial charge in [-0.2, -0.15) is 0 Å². The van der Waals surface area contributed by atoms with Gasteiger partial charge in [-0.25, -0.2) is 0 Å². The lowest BCUT2D eigenvalue weighted by molar-refractivity contribution is -0.322. The molecular formula is C3H6O6P2-4. The number of rotatable bonds is 3. The highest BCUT2D eigenvalue weighted by Crippen LogP contribution is 2.38. The standard InChI is InChI=1S/C3H10O6P2/c1-3(11(7,8)9)2-10(4,5)6/h3H,2H2,1H3,(H2,4,5,6)(H2,7,8,9)/p-4/t3-/m0/s1. The van der Waals surface area contributed by atoms with E-state index >= 15 is 0 Å². The third-order valence-corrected chi connectivity index (χ3v) is 3.57. The molecule has 0 rings (SSSR count). The molecule has 0 aromatic rings. The molecular weight excluding hydrogens is 194 g/mol. The summed E-state index contributed by atoms with van der Waals surface area (Å²) in [6.07, 6.45) is -1.13. The van der Waals surface area contributed by atoms with Crippen LogP contribution in [0.15, 0.2) is 0 Å². The van der Waals surface area contributed by atoms with Gasteiger partial charge in [0.1, 0.15) is 0 Å². The van der Waals surface area contributed by atoms with Crippen molar-refractivity contribution in [2.45, 2.75) is 12.6 Å². The Morgan fingerprint density at radius 1 is 1.18 bits per heavy atom. The minimum absolute atomic E-state index is 0.892. The predicted molar refractivity (Wildman–Crippen MR) is 29.5 cm³/mol. The molecule has 1 atom stereocenters. The van der Waals surface area contributed by atoms with Crippen LogP contribution in [0, 0.1) is 0 Å². The summed E-state index contributed by atoms with van der Waals surface area (Å²) in [6, 6.07) is 0. The van der Waals surface area contributed by atoms with Crippen molar-refractivity contribution in [1.82, 2.24) is 0 Å². The molecule has 0 aromatic heterocycles. The first-order valence-electron chi connectivity index (χ1n) is 2.66. The molecule has 8 heteroatoms. The first-order chi connectivity index (χ1) is 4.63. The van der Waals surface area contributed by atoms with Gasteiger partial charge in [-0.05, 0) is 11.8 Å². The number of hydrogen-bond acceptors (Lipinski definition) is 6. The van der Waals surface area contributed by atoms with Crippen molar-refractivity contribution in [3.8, 4) is 0 Å². The lowest BCUT2D eigenvalue weighted by Gasteiger charge is -2.41.